The Hall–Kier alpha value is -1.64. The Morgan fingerprint density at radius 2 is 2.16 bits per heavy atom. The smallest absolute Gasteiger partial charge is 0.240 e. The third-order valence-electron chi connectivity index (χ3n) is 2.61. The normalized spacial score (nSPS) is 11.5. The van der Waals surface area contributed by atoms with Crippen LogP contribution < -0.4 is 16.2 Å². The van der Waals surface area contributed by atoms with Gasteiger partial charge in [-0.05, 0) is 25.1 Å². The number of nitrogens with zero attached hydrogens (tertiary/aromatic N) is 1. The molecular weight excluding hydrogens is 284 g/mol. The van der Waals surface area contributed by atoms with Gasteiger partial charge in [-0.15, -0.1) is 11.3 Å². The quantitative estimate of drug-likeness (QED) is 0.737. The number of nitrogens with one attached hydrogen (secondary N) is 1. The molecule has 0 saturated heterocycles. The van der Waals surface area contributed by atoms with Crippen LogP contribution in [-0.2, 0) is 16.6 Å². The molecule has 0 aliphatic heterocycles. The summed E-state index contributed by atoms with van der Waals surface area (Å²) in [5.74, 6) is 0. The van der Waals surface area contributed by atoms with Crippen molar-refractivity contribution < 1.29 is 8.42 Å². The maximum Gasteiger partial charge on any atom is 0.240 e. The van der Waals surface area contributed by atoms with Crippen LogP contribution in [0, 0.1) is 6.92 Å². The molecule has 1 aromatic carbocycles. The Labute approximate surface area is 115 Å². The SMILES string of the molecule is Cc1ncsc1CNc1ccc(S(N)(=O)=O)c(N)c1. The number of anilines is 2. The number of rotatable bonds is 4. The number of nitrogens with two attached hydrogens (primary N) is 2. The fourth-order valence-corrected chi connectivity index (χ4v) is 2.96. The number of primary sulfonamides is 1. The molecule has 8 heteroatoms. The van der Waals surface area contributed by atoms with E-state index in [-0.39, 0.29) is 10.6 Å². The van der Waals surface area contributed by atoms with Gasteiger partial charge in [-0.25, -0.2) is 18.5 Å². The Morgan fingerprint density at radius 3 is 2.68 bits per heavy atom. The van der Waals surface area contributed by atoms with Crippen LogP contribution in [-0.4, -0.2) is 13.4 Å². The van der Waals surface area contributed by atoms with E-state index in [9.17, 15) is 8.42 Å². The number of sulfonamides is 1. The lowest BCUT2D eigenvalue weighted by Gasteiger charge is -2.08. The van der Waals surface area contributed by atoms with Gasteiger partial charge in [0.05, 0.1) is 23.4 Å². The van der Waals surface area contributed by atoms with Crippen LogP contribution >= 0.6 is 11.3 Å². The summed E-state index contributed by atoms with van der Waals surface area (Å²) >= 11 is 1.56. The van der Waals surface area contributed by atoms with Crippen molar-refractivity contribution in [2.24, 2.45) is 5.14 Å². The lowest BCUT2D eigenvalue weighted by Crippen LogP contribution is -2.14. The first-order chi connectivity index (χ1) is 8.88. The molecule has 2 rings (SSSR count). The number of nitrogen functional groups attached to an aromatic ring is 1. The second-order valence-corrected chi connectivity index (χ2v) is 6.48. The molecule has 0 fully saturated rings. The summed E-state index contributed by atoms with van der Waals surface area (Å²) in [6.45, 7) is 2.55. The molecule has 5 N–H and O–H groups in total. The summed E-state index contributed by atoms with van der Waals surface area (Å²) < 4.78 is 22.5. The molecule has 0 aliphatic carbocycles. The molecule has 19 heavy (non-hydrogen) atoms. The van der Waals surface area contributed by atoms with E-state index in [1.807, 2.05) is 6.92 Å². The van der Waals surface area contributed by atoms with Crippen LogP contribution in [0.1, 0.15) is 10.6 Å². The van der Waals surface area contributed by atoms with E-state index in [0.717, 1.165) is 16.3 Å². The van der Waals surface area contributed by atoms with Gasteiger partial charge in [-0.3, -0.25) is 0 Å². The Bertz CT molecular complexity index is 694. The Kier molecular flexibility index (Phi) is 3.74. The minimum absolute atomic E-state index is 0.0629. The van der Waals surface area contributed by atoms with Gasteiger partial charge in [0, 0.05) is 10.6 Å². The lowest BCUT2D eigenvalue weighted by molar-refractivity contribution is 0.598. The van der Waals surface area contributed by atoms with E-state index in [1.54, 1.807) is 29.0 Å². The molecule has 0 aliphatic rings. The highest BCUT2D eigenvalue weighted by Crippen LogP contribution is 2.22. The van der Waals surface area contributed by atoms with Crippen molar-refractivity contribution >= 4 is 32.7 Å². The molecule has 0 bridgehead atoms. The van der Waals surface area contributed by atoms with Crippen LogP contribution in [0.25, 0.3) is 0 Å². The second kappa shape index (κ2) is 5.16. The van der Waals surface area contributed by atoms with Gasteiger partial charge in [0.1, 0.15) is 4.90 Å². The van der Waals surface area contributed by atoms with Crippen LogP contribution in [0.2, 0.25) is 0 Å². The number of aryl methyl sites for hydroxylation is 1. The molecule has 0 atom stereocenters. The van der Waals surface area contributed by atoms with E-state index in [4.69, 9.17) is 10.9 Å². The standard InChI is InChI=1S/C11H14N4O2S2/c1-7-10(18-6-15-7)5-14-8-2-3-11(9(12)4-8)19(13,16)17/h2-4,6,14H,5,12H2,1H3,(H2,13,16,17). The van der Waals surface area contributed by atoms with Crippen molar-refractivity contribution in [1.29, 1.82) is 0 Å². The van der Waals surface area contributed by atoms with Crippen molar-refractivity contribution in [3.63, 3.8) is 0 Å². The molecule has 6 nitrogen and oxygen atoms in total. The summed E-state index contributed by atoms with van der Waals surface area (Å²) in [6.07, 6.45) is 0. The zero-order valence-electron chi connectivity index (χ0n) is 10.3. The average Bonchev–Trinajstić information content (AvgIpc) is 2.70. The summed E-state index contributed by atoms with van der Waals surface area (Å²) in [5.41, 5.74) is 9.31. The van der Waals surface area contributed by atoms with Gasteiger partial charge in [-0.1, -0.05) is 0 Å². The number of thiazole rings is 1. The minimum Gasteiger partial charge on any atom is -0.398 e. The van der Waals surface area contributed by atoms with Crippen molar-refractivity contribution in [1.82, 2.24) is 4.98 Å². The van der Waals surface area contributed by atoms with Gasteiger partial charge in [-0.2, -0.15) is 0 Å². The molecule has 0 unspecified atom stereocenters. The first kappa shape index (κ1) is 13.8. The minimum atomic E-state index is -3.78. The molecule has 0 saturated carbocycles. The Balaban J connectivity index is 2.15. The van der Waals surface area contributed by atoms with E-state index in [1.165, 1.54) is 6.07 Å². The molecule has 2 aromatic rings. The maximum atomic E-state index is 11.2. The van der Waals surface area contributed by atoms with Gasteiger partial charge in [0.15, 0.2) is 0 Å². The van der Waals surface area contributed by atoms with Crippen LogP contribution in [0.4, 0.5) is 11.4 Å². The fourth-order valence-electron chi connectivity index (χ4n) is 1.60. The van der Waals surface area contributed by atoms with Crippen molar-refractivity contribution in [2.45, 2.75) is 18.4 Å². The third kappa shape index (κ3) is 3.22. The highest BCUT2D eigenvalue weighted by molar-refractivity contribution is 7.89. The zero-order chi connectivity index (χ0) is 14.0. The topological polar surface area (TPSA) is 111 Å². The zero-order valence-corrected chi connectivity index (χ0v) is 11.9. The highest BCUT2D eigenvalue weighted by Gasteiger charge is 2.12. The third-order valence-corrected chi connectivity index (χ3v) is 4.53. The number of benzene rings is 1. The first-order valence-corrected chi connectivity index (χ1v) is 7.85. The maximum absolute atomic E-state index is 11.2. The van der Waals surface area contributed by atoms with E-state index in [2.05, 4.69) is 10.3 Å². The highest BCUT2D eigenvalue weighted by atomic mass is 32.2. The summed E-state index contributed by atoms with van der Waals surface area (Å²) in [7, 11) is -3.78. The van der Waals surface area contributed by atoms with Gasteiger partial charge >= 0.3 is 0 Å². The average molecular weight is 298 g/mol. The Morgan fingerprint density at radius 1 is 1.42 bits per heavy atom. The van der Waals surface area contributed by atoms with Crippen LogP contribution in [0.15, 0.2) is 28.6 Å². The number of hydrogen-bond donors (Lipinski definition) is 3. The molecule has 102 valence electrons. The molecule has 0 radical (unpaired) electrons. The summed E-state index contributed by atoms with van der Waals surface area (Å²) in [5, 5.41) is 8.21. The number of hydrogen-bond acceptors (Lipinski definition) is 6. The summed E-state index contributed by atoms with van der Waals surface area (Å²) in [6, 6.07) is 4.58. The van der Waals surface area contributed by atoms with Crippen molar-refractivity contribution in [3.8, 4) is 0 Å². The van der Waals surface area contributed by atoms with Gasteiger partial charge in [0.2, 0.25) is 10.0 Å². The predicted molar refractivity (Wildman–Crippen MR) is 76.4 cm³/mol. The van der Waals surface area contributed by atoms with E-state index < -0.39 is 10.0 Å². The van der Waals surface area contributed by atoms with Crippen molar-refractivity contribution in [2.75, 3.05) is 11.1 Å². The van der Waals surface area contributed by atoms with Gasteiger partial charge in [0.25, 0.3) is 0 Å². The van der Waals surface area contributed by atoms with Crippen molar-refractivity contribution in [3.05, 3.63) is 34.3 Å². The number of aromatic nitrogens is 1. The molecule has 0 amide bonds. The van der Waals surface area contributed by atoms with Crippen LogP contribution in [0.5, 0.6) is 0 Å². The fraction of sp³-hybridized carbons (Fsp3) is 0.182. The molecule has 1 heterocycles. The predicted octanol–water partition coefficient (Wildman–Crippen LogP) is 1.29. The largest absolute Gasteiger partial charge is 0.398 e. The van der Waals surface area contributed by atoms with Crippen LogP contribution in [0.3, 0.4) is 0 Å². The summed E-state index contributed by atoms with van der Waals surface area (Å²) in [4.78, 5) is 5.21. The second-order valence-electron chi connectivity index (χ2n) is 4.01. The van der Waals surface area contributed by atoms with E-state index in [0.29, 0.717) is 6.54 Å². The molecule has 1 aromatic heterocycles. The lowest BCUT2D eigenvalue weighted by atomic mass is 10.2. The molecular formula is C11H14N4O2S2. The van der Waals surface area contributed by atoms with E-state index >= 15 is 0 Å². The molecule has 0 spiro atoms. The monoisotopic (exact) mass is 298 g/mol. The first-order valence-electron chi connectivity index (χ1n) is 5.43. The van der Waals surface area contributed by atoms with Gasteiger partial charge < -0.3 is 11.1 Å².